The lowest BCUT2D eigenvalue weighted by atomic mass is 9.85. The van der Waals surface area contributed by atoms with Crippen LogP contribution >= 0.6 is 11.3 Å². The van der Waals surface area contributed by atoms with Gasteiger partial charge in [0.15, 0.2) is 5.13 Å². The van der Waals surface area contributed by atoms with Crippen LogP contribution in [0.25, 0.3) is 22.3 Å². The number of carboxylic acids is 1. The fourth-order valence-corrected chi connectivity index (χ4v) is 9.38. The number of urea groups is 1. The van der Waals surface area contributed by atoms with Gasteiger partial charge in [0.1, 0.15) is 40.9 Å². The number of likely N-dealkylation sites (tertiary alicyclic amines) is 1. The lowest BCUT2D eigenvalue weighted by Gasteiger charge is -2.35. The number of nitrogens with one attached hydrogen (secondary N) is 4. The number of aliphatic carboxylic acids is 1. The van der Waals surface area contributed by atoms with Crippen molar-refractivity contribution < 1.29 is 33.8 Å². The van der Waals surface area contributed by atoms with E-state index >= 15 is 0 Å². The van der Waals surface area contributed by atoms with Gasteiger partial charge in [0.2, 0.25) is 11.8 Å². The zero-order valence-corrected chi connectivity index (χ0v) is 34.3. The van der Waals surface area contributed by atoms with E-state index in [9.17, 15) is 24.3 Å². The first-order chi connectivity index (χ1) is 27.2. The molecule has 15 heteroatoms. The van der Waals surface area contributed by atoms with Gasteiger partial charge in [-0.25, -0.2) is 19.6 Å². The van der Waals surface area contributed by atoms with Crippen LogP contribution in [0.2, 0.25) is 0 Å². The molecule has 1 saturated heterocycles. The molecule has 0 unspecified atom stereocenters. The number of carboxylic acid groups (broad SMARTS) is 1. The molecule has 1 aromatic carbocycles. The van der Waals surface area contributed by atoms with Crippen LogP contribution in [-0.2, 0) is 14.4 Å². The van der Waals surface area contributed by atoms with Crippen molar-refractivity contribution in [3.05, 3.63) is 41.8 Å². The highest BCUT2D eigenvalue weighted by atomic mass is 32.1. The van der Waals surface area contributed by atoms with Crippen molar-refractivity contribution in [2.75, 3.05) is 19.0 Å². The predicted octanol–water partition coefficient (Wildman–Crippen LogP) is 6.18. The Balaban J connectivity index is 1.20. The number of ether oxygens (including phenoxy) is 2. The number of anilines is 1. The molecule has 4 aliphatic rings. The number of benzene rings is 1. The van der Waals surface area contributed by atoms with Crippen LogP contribution in [0.3, 0.4) is 0 Å². The first-order valence-corrected chi connectivity index (χ1v) is 21.0. The number of nitrogens with zero attached hydrogens (tertiary/aromatic N) is 3. The molecule has 3 aliphatic carbocycles. The predicted molar refractivity (Wildman–Crippen MR) is 219 cm³/mol. The standard InChI is InChI=1S/C42H55N7O7S/c1-7-24-20-42(24,38(52)53)48-36(50)32-17-27(21-49(32)37(51)35(41(3,4)5)47-39(54)43-25-12-8-9-13-25)56-34-19-30(45-29-18-33(55-6)23(2)16-28(29)34)31-22-57-40(46-31)44-26-14-10-11-15-26/h7,16,18-19,22,24-27,32,35H,1,8-15,17,20-21H2,2-6H3,(H,44,46)(H,48,50)(H,52,53)(H2,43,47,54)/t24-,27-,32+,35+,42-/m1/s1. The van der Waals surface area contributed by atoms with Crippen LogP contribution in [0, 0.1) is 18.3 Å². The fraction of sp³-hybridized carbons (Fsp3) is 0.571. The molecule has 2 aromatic heterocycles. The van der Waals surface area contributed by atoms with Gasteiger partial charge in [0.05, 0.1) is 24.9 Å². The van der Waals surface area contributed by atoms with Crippen molar-refractivity contribution >= 4 is 51.2 Å². The number of methoxy groups -OCH3 is 1. The SMILES string of the molecule is C=C[C@@H]1C[C@]1(NC(=O)[C@@H]1C[C@@H](Oc2cc(-c3csc(NC4CCCC4)n3)nc3cc(OC)c(C)cc23)CN1C(=O)[C@H](NC(=O)NC1CCCC1)C(C)(C)C)C(=O)O. The Morgan fingerprint density at radius 2 is 1.72 bits per heavy atom. The zero-order valence-electron chi connectivity index (χ0n) is 33.5. The Kier molecular flexibility index (Phi) is 11.4. The maximum Gasteiger partial charge on any atom is 0.330 e. The smallest absolute Gasteiger partial charge is 0.330 e. The summed E-state index contributed by atoms with van der Waals surface area (Å²) >= 11 is 1.52. The number of carbonyl (C=O) groups excluding carboxylic acids is 3. The highest BCUT2D eigenvalue weighted by molar-refractivity contribution is 7.14. The number of amides is 4. The number of aromatic nitrogens is 2. The van der Waals surface area contributed by atoms with Crippen LogP contribution in [0.15, 0.2) is 36.2 Å². The normalized spacial score (nSPS) is 24.2. The number of fused-ring (bicyclic) bond motifs is 1. The van der Waals surface area contributed by atoms with Gasteiger partial charge < -0.3 is 40.7 Å². The molecule has 57 heavy (non-hydrogen) atoms. The zero-order chi connectivity index (χ0) is 40.6. The van der Waals surface area contributed by atoms with E-state index in [0.29, 0.717) is 34.4 Å². The third-order valence-electron chi connectivity index (χ3n) is 12.0. The molecular formula is C42H55N7O7S. The van der Waals surface area contributed by atoms with Crippen molar-refractivity contribution in [1.29, 1.82) is 0 Å². The van der Waals surface area contributed by atoms with E-state index in [1.54, 1.807) is 7.11 Å². The summed E-state index contributed by atoms with van der Waals surface area (Å²) in [7, 11) is 1.61. The second-order valence-electron chi connectivity index (χ2n) is 17.2. The highest BCUT2D eigenvalue weighted by Crippen LogP contribution is 2.45. The highest BCUT2D eigenvalue weighted by Gasteiger charge is 2.61. The van der Waals surface area contributed by atoms with E-state index in [2.05, 4.69) is 27.8 Å². The molecule has 3 aromatic rings. The van der Waals surface area contributed by atoms with Crippen LogP contribution in [0.4, 0.5) is 9.93 Å². The molecule has 0 radical (unpaired) electrons. The topological polar surface area (TPSA) is 184 Å². The fourth-order valence-electron chi connectivity index (χ4n) is 8.60. The summed E-state index contributed by atoms with van der Waals surface area (Å²) < 4.78 is 12.4. The van der Waals surface area contributed by atoms with E-state index in [0.717, 1.165) is 54.6 Å². The van der Waals surface area contributed by atoms with Crippen molar-refractivity contribution in [2.45, 2.75) is 128 Å². The molecule has 3 heterocycles. The van der Waals surface area contributed by atoms with E-state index < -0.39 is 58.9 Å². The van der Waals surface area contributed by atoms with Crippen LogP contribution < -0.4 is 30.7 Å². The van der Waals surface area contributed by atoms with Crippen LogP contribution in [-0.4, -0.2) is 93.3 Å². The lowest BCUT2D eigenvalue weighted by Crippen LogP contribution is -2.60. The van der Waals surface area contributed by atoms with Gasteiger partial charge in [0, 0.05) is 47.3 Å². The van der Waals surface area contributed by atoms with Crippen molar-refractivity contribution in [3.63, 3.8) is 0 Å². The summed E-state index contributed by atoms with van der Waals surface area (Å²) in [4.78, 5) is 65.9. The number of hydrogen-bond donors (Lipinski definition) is 5. The van der Waals surface area contributed by atoms with Crippen molar-refractivity contribution in [2.24, 2.45) is 11.3 Å². The number of thiazole rings is 1. The molecule has 7 rings (SSSR count). The summed E-state index contributed by atoms with van der Waals surface area (Å²) in [5, 5.41) is 25.9. The molecule has 14 nitrogen and oxygen atoms in total. The van der Waals surface area contributed by atoms with Crippen molar-refractivity contribution in [3.8, 4) is 22.9 Å². The number of carbonyl (C=O) groups is 4. The van der Waals surface area contributed by atoms with E-state index in [1.807, 2.05) is 51.3 Å². The molecule has 3 saturated carbocycles. The van der Waals surface area contributed by atoms with Gasteiger partial charge in [0.25, 0.3) is 0 Å². The van der Waals surface area contributed by atoms with Gasteiger partial charge in [-0.05, 0) is 56.1 Å². The maximum atomic E-state index is 14.7. The molecule has 5 N–H and O–H groups in total. The third-order valence-corrected chi connectivity index (χ3v) is 12.8. The Labute approximate surface area is 337 Å². The quantitative estimate of drug-likeness (QED) is 0.125. The number of pyridine rings is 1. The van der Waals surface area contributed by atoms with Gasteiger partial charge in [-0.3, -0.25) is 9.59 Å². The Morgan fingerprint density at radius 3 is 2.35 bits per heavy atom. The van der Waals surface area contributed by atoms with Gasteiger partial charge in [-0.2, -0.15) is 0 Å². The van der Waals surface area contributed by atoms with Crippen LogP contribution in [0.1, 0.15) is 90.5 Å². The molecular weight excluding hydrogens is 747 g/mol. The van der Waals surface area contributed by atoms with Gasteiger partial charge >= 0.3 is 12.0 Å². The number of aryl methyl sites for hydroxylation is 1. The first-order valence-electron chi connectivity index (χ1n) is 20.1. The monoisotopic (exact) mass is 801 g/mol. The first kappa shape index (κ1) is 40.3. The summed E-state index contributed by atoms with van der Waals surface area (Å²) in [5.74, 6) is -1.50. The van der Waals surface area contributed by atoms with E-state index in [-0.39, 0.29) is 25.4 Å². The minimum absolute atomic E-state index is 0.0147. The molecule has 1 aliphatic heterocycles. The lowest BCUT2D eigenvalue weighted by molar-refractivity contribution is -0.146. The maximum absolute atomic E-state index is 14.7. The molecule has 0 spiro atoms. The minimum Gasteiger partial charge on any atom is -0.496 e. The summed E-state index contributed by atoms with van der Waals surface area (Å²) in [6.45, 7) is 11.3. The Hall–Kier alpha value is -4.92. The Bertz CT molecular complexity index is 2040. The Morgan fingerprint density at radius 1 is 1.02 bits per heavy atom. The number of hydrogen-bond acceptors (Lipinski definition) is 10. The molecule has 306 valence electrons. The summed E-state index contributed by atoms with van der Waals surface area (Å²) in [6.07, 6.45) is 9.61. The summed E-state index contributed by atoms with van der Waals surface area (Å²) in [6, 6.07) is 3.57. The van der Waals surface area contributed by atoms with Gasteiger partial charge in [-0.1, -0.05) is 52.5 Å². The number of rotatable bonds is 13. The average molecular weight is 802 g/mol. The minimum atomic E-state index is -1.50. The second kappa shape index (κ2) is 16.1. The van der Waals surface area contributed by atoms with E-state index in [1.165, 1.54) is 35.2 Å². The van der Waals surface area contributed by atoms with Crippen molar-refractivity contribution in [1.82, 2.24) is 30.8 Å². The molecule has 0 bridgehead atoms. The average Bonchev–Trinajstić information content (AvgIpc) is 3.80. The summed E-state index contributed by atoms with van der Waals surface area (Å²) in [5.41, 5.74) is 0.543. The second-order valence-corrected chi connectivity index (χ2v) is 18.1. The third kappa shape index (κ3) is 8.53. The van der Waals surface area contributed by atoms with Crippen LogP contribution in [0.5, 0.6) is 11.5 Å². The van der Waals surface area contributed by atoms with E-state index in [4.69, 9.17) is 19.4 Å². The molecule has 4 fully saturated rings. The van der Waals surface area contributed by atoms with Gasteiger partial charge in [-0.15, -0.1) is 17.9 Å². The largest absolute Gasteiger partial charge is 0.496 e. The molecule has 5 atom stereocenters. The molecule has 4 amide bonds.